The molecular formula is C25H36O6. The van der Waals surface area contributed by atoms with Crippen LogP contribution in [0.15, 0.2) is 34.9 Å². The van der Waals surface area contributed by atoms with Gasteiger partial charge in [-0.15, -0.1) is 0 Å². The largest absolute Gasteiger partial charge is 0.451 e. The number of carbonyl (C=O) groups excluding carboxylic acids is 2. The first-order valence-electron chi connectivity index (χ1n) is 11.3. The molecule has 1 spiro atoms. The molecule has 2 bridgehead atoms. The van der Waals surface area contributed by atoms with E-state index in [-0.39, 0.29) is 29.1 Å². The van der Waals surface area contributed by atoms with Crippen LogP contribution in [0.2, 0.25) is 0 Å². The van der Waals surface area contributed by atoms with Crippen molar-refractivity contribution < 1.29 is 29.6 Å². The van der Waals surface area contributed by atoms with E-state index >= 15 is 0 Å². The number of rotatable bonds is 4. The van der Waals surface area contributed by atoms with Gasteiger partial charge >= 0.3 is 5.97 Å². The fraction of sp³-hybridized carbons (Fsp3) is 0.680. The average Bonchev–Trinajstić information content (AvgIpc) is 2.90. The molecular weight excluding hydrogens is 396 g/mol. The number of hydrogen-bond acceptors (Lipinski definition) is 6. The minimum absolute atomic E-state index is 0.00370. The molecule has 172 valence electrons. The topological polar surface area (TPSA) is 104 Å². The number of allylic oxidation sites excluding steroid dienone is 2. The van der Waals surface area contributed by atoms with Gasteiger partial charge in [-0.1, -0.05) is 45.4 Å². The Morgan fingerprint density at radius 1 is 1.35 bits per heavy atom. The number of ether oxygens (including phenoxy) is 1. The molecule has 3 N–H and O–H groups in total. The first-order valence-corrected chi connectivity index (χ1v) is 11.3. The number of carbonyl (C=O) groups is 2. The number of ketones is 1. The second-order valence-electron chi connectivity index (χ2n) is 9.70. The highest BCUT2D eigenvalue weighted by atomic mass is 16.6. The third-order valence-corrected chi connectivity index (χ3v) is 8.23. The highest BCUT2D eigenvalue weighted by Crippen LogP contribution is 2.60. The number of hydrogen-bond donors (Lipinski definition) is 3. The summed E-state index contributed by atoms with van der Waals surface area (Å²) in [6.45, 7) is 10.6. The highest BCUT2D eigenvalue weighted by Gasteiger charge is 2.72. The summed E-state index contributed by atoms with van der Waals surface area (Å²) in [7, 11) is 0. The number of aliphatic hydroxyl groups excluding tert-OH is 2. The minimum atomic E-state index is -2.09. The summed E-state index contributed by atoms with van der Waals surface area (Å²) >= 11 is 0. The number of Topliss-reactive ketones (excluding diaryl/α,β-unsaturated/α-hetero) is 1. The predicted octanol–water partition coefficient (Wildman–Crippen LogP) is 2.72. The van der Waals surface area contributed by atoms with Crippen LogP contribution in [0.4, 0.5) is 0 Å². The number of esters is 1. The van der Waals surface area contributed by atoms with Crippen molar-refractivity contribution in [1.29, 1.82) is 0 Å². The summed E-state index contributed by atoms with van der Waals surface area (Å²) in [4.78, 5) is 26.7. The van der Waals surface area contributed by atoms with E-state index in [1.54, 1.807) is 39.0 Å². The fourth-order valence-corrected chi connectivity index (χ4v) is 6.20. The third kappa shape index (κ3) is 3.18. The lowest BCUT2D eigenvalue weighted by Crippen LogP contribution is -2.65. The average molecular weight is 433 g/mol. The molecule has 31 heavy (non-hydrogen) atoms. The van der Waals surface area contributed by atoms with Crippen LogP contribution in [0.5, 0.6) is 0 Å². The van der Waals surface area contributed by atoms with E-state index in [1.807, 2.05) is 13.8 Å². The Kier molecular flexibility index (Phi) is 6.40. The van der Waals surface area contributed by atoms with Crippen LogP contribution in [0.1, 0.15) is 54.4 Å². The van der Waals surface area contributed by atoms with E-state index < -0.39 is 41.7 Å². The van der Waals surface area contributed by atoms with Gasteiger partial charge in [-0.25, -0.2) is 4.79 Å². The fourth-order valence-electron chi connectivity index (χ4n) is 6.20. The van der Waals surface area contributed by atoms with Crippen molar-refractivity contribution >= 4 is 11.8 Å². The van der Waals surface area contributed by atoms with Crippen LogP contribution >= 0.6 is 0 Å². The zero-order chi connectivity index (χ0) is 23.3. The van der Waals surface area contributed by atoms with Crippen molar-refractivity contribution in [2.24, 2.45) is 29.1 Å². The summed E-state index contributed by atoms with van der Waals surface area (Å²) in [6.07, 6.45) is 3.84. The lowest BCUT2D eigenvalue weighted by atomic mass is 9.59. The minimum Gasteiger partial charge on any atom is -0.451 e. The molecule has 1 unspecified atom stereocenters. The quantitative estimate of drug-likeness (QED) is 0.359. The summed E-state index contributed by atoms with van der Waals surface area (Å²) in [6, 6.07) is 0. The Morgan fingerprint density at radius 2 is 2.00 bits per heavy atom. The summed E-state index contributed by atoms with van der Waals surface area (Å²) in [5, 5.41) is 33.7. The molecule has 0 radical (unpaired) electrons. The molecule has 8 atom stereocenters. The molecule has 6 nitrogen and oxygen atoms in total. The van der Waals surface area contributed by atoms with Gasteiger partial charge in [0.15, 0.2) is 17.5 Å². The molecule has 0 aromatic rings. The number of aliphatic hydroxyl groups is 3. The molecule has 0 amide bonds. The monoisotopic (exact) mass is 432 g/mol. The van der Waals surface area contributed by atoms with Crippen LogP contribution in [0.25, 0.3) is 0 Å². The molecule has 6 heteroatoms. The predicted molar refractivity (Wildman–Crippen MR) is 117 cm³/mol. The Bertz CT molecular complexity index is 854. The van der Waals surface area contributed by atoms with Gasteiger partial charge < -0.3 is 20.1 Å². The molecule has 0 aromatic heterocycles. The Labute approximate surface area is 184 Å². The SMILES string of the molecule is C/C=C(/C)C(=O)O[C@H]1C(C)=C[C@]23C(=O)[C@@H](C=C(CO)[C@@H](O)[C@]12O)C(C)[C@H](CC)C[C@H]3C. The Morgan fingerprint density at radius 3 is 2.55 bits per heavy atom. The van der Waals surface area contributed by atoms with Crippen molar-refractivity contribution in [1.82, 2.24) is 0 Å². The second-order valence-corrected chi connectivity index (χ2v) is 9.70. The molecule has 1 fully saturated rings. The molecule has 0 aromatic carbocycles. The van der Waals surface area contributed by atoms with Crippen molar-refractivity contribution in [3.8, 4) is 0 Å². The van der Waals surface area contributed by atoms with E-state index in [0.29, 0.717) is 17.6 Å². The molecule has 0 aliphatic heterocycles. The summed E-state index contributed by atoms with van der Waals surface area (Å²) in [5.41, 5.74) is -2.40. The van der Waals surface area contributed by atoms with Crippen LogP contribution in [0, 0.1) is 29.1 Å². The van der Waals surface area contributed by atoms with E-state index in [0.717, 1.165) is 6.42 Å². The third-order valence-electron chi connectivity index (χ3n) is 8.23. The van der Waals surface area contributed by atoms with Gasteiger partial charge in [0.05, 0.1) is 12.0 Å². The summed E-state index contributed by atoms with van der Waals surface area (Å²) in [5.74, 6) is -1.37. The van der Waals surface area contributed by atoms with Gasteiger partial charge in [-0.05, 0) is 56.1 Å². The Hall–Kier alpha value is -1.76. The van der Waals surface area contributed by atoms with E-state index in [2.05, 4.69) is 6.92 Å². The lowest BCUT2D eigenvalue weighted by Gasteiger charge is -2.48. The smallest absolute Gasteiger partial charge is 0.334 e. The molecule has 3 aliphatic rings. The van der Waals surface area contributed by atoms with Gasteiger partial charge in [-0.3, -0.25) is 4.79 Å². The van der Waals surface area contributed by atoms with Crippen LogP contribution in [0.3, 0.4) is 0 Å². The highest BCUT2D eigenvalue weighted by molar-refractivity contribution is 5.95. The van der Waals surface area contributed by atoms with Crippen molar-refractivity contribution in [2.75, 3.05) is 6.61 Å². The van der Waals surface area contributed by atoms with E-state index in [4.69, 9.17) is 4.74 Å². The van der Waals surface area contributed by atoms with Gasteiger partial charge in [0.1, 0.15) is 6.10 Å². The zero-order valence-corrected chi connectivity index (χ0v) is 19.4. The van der Waals surface area contributed by atoms with E-state index in [1.165, 1.54) is 0 Å². The van der Waals surface area contributed by atoms with Gasteiger partial charge in [0.2, 0.25) is 0 Å². The van der Waals surface area contributed by atoms with Crippen LogP contribution in [-0.2, 0) is 14.3 Å². The summed E-state index contributed by atoms with van der Waals surface area (Å²) < 4.78 is 5.72. The molecule has 0 saturated heterocycles. The molecule has 3 aliphatic carbocycles. The van der Waals surface area contributed by atoms with Gasteiger partial charge in [-0.2, -0.15) is 0 Å². The maximum Gasteiger partial charge on any atom is 0.334 e. The maximum absolute atomic E-state index is 14.1. The van der Waals surface area contributed by atoms with Gasteiger partial charge in [0, 0.05) is 11.5 Å². The van der Waals surface area contributed by atoms with Crippen molar-refractivity contribution in [3.63, 3.8) is 0 Å². The first-order chi connectivity index (χ1) is 14.5. The van der Waals surface area contributed by atoms with Crippen molar-refractivity contribution in [3.05, 3.63) is 34.9 Å². The maximum atomic E-state index is 14.1. The van der Waals surface area contributed by atoms with Crippen LogP contribution < -0.4 is 0 Å². The molecule has 3 rings (SSSR count). The Balaban J connectivity index is 2.26. The van der Waals surface area contributed by atoms with Crippen LogP contribution in [-0.4, -0.2) is 51.5 Å². The molecule has 0 heterocycles. The van der Waals surface area contributed by atoms with E-state index in [9.17, 15) is 24.9 Å². The number of fused-ring (bicyclic) bond motifs is 1. The zero-order valence-electron chi connectivity index (χ0n) is 19.4. The normalized spacial score (nSPS) is 42.9. The lowest BCUT2D eigenvalue weighted by molar-refractivity contribution is -0.201. The second kappa shape index (κ2) is 8.30. The first kappa shape index (κ1) is 23.9. The standard InChI is InChI=1S/C25H36O6/c1-7-13(3)23(29)31-22-14(4)11-24-15(5)9-17(8-2)16(6)19(21(24)28)10-18(12-26)20(27)25(22,24)30/h7,10-11,15-17,19-20,22,26-27,30H,8-9,12H2,1-6H3/b13-7-/t15-,16?,17-,19+,20-,22+,24+,25+/m1/s1. The van der Waals surface area contributed by atoms with Gasteiger partial charge in [0.25, 0.3) is 0 Å². The molecule has 1 saturated carbocycles. The van der Waals surface area contributed by atoms with Crippen molar-refractivity contribution in [2.45, 2.75) is 72.2 Å².